The number of hydrogen-bond donors (Lipinski definition) is 1. The minimum atomic E-state index is 0.298. The lowest BCUT2D eigenvalue weighted by molar-refractivity contribution is 0.0992. The molecule has 2 aliphatic rings. The van der Waals surface area contributed by atoms with Crippen LogP contribution < -0.4 is 5.73 Å². The molecule has 2 rings (SSSR count). The summed E-state index contributed by atoms with van der Waals surface area (Å²) in [6.07, 6.45) is 6.53. The monoisotopic (exact) mass is 312 g/mol. The molecule has 2 heterocycles. The van der Waals surface area contributed by atoms with Crippen molar-refractivity contribution in [1.82, 2.24) is 14.7 Å². The van der Waals surface area contributed by atoms with E-state index in [0.717, 1.165) is 38.6 Å². The van der Waals surface area contributed by atoms with Gasteiger partial charge in [0.2, 0.25) is 0 Å². The first kappa shape index (κ1) is 17.1. The number of rotatable bonds is 6. The van der Waals surface area contributed by atoms with Crippen LogP contribution in [0.5, 0.6) is 0 Å². The zero-order valence-corrected chi connectivity index (χ0v) is 14.6. The van der Waals surface area contributed by atoms with E-state index < -0.39 is 0 Å². The van der Waals surface area contributed by atoms with E-state index in [4.69, 9.17) is 18.0 Å². The summed E-state index contributed by atoms with van der Waals surface area (Å²) in [5, 5.41) is 0. The lowest BCUT2D eigenvalue weighted by Crippen LogP contribution is -2.54. The third-order valence-electron chi connectivity index (χ3n) is 5.26. The van der Waals surface area contributed by atoms with Crippen LogP contribution in [0.3, 0.4) is 0 Å². The Labute approximate surface area is 135 Å². The van der Waals surface area contributed by atoms with Crippen molar-refractivity contribution in [3.63, 3.8) is 0 Å². The fourth-order valence-corrected chi connectivity index (χ4v) is 4.09. The van der Waals surface area contributed by atoms with Crippen LogP contribution in [0.15, 0.2) is 0 Å². The topological polar surface area (TPSA) is 35.7 Å². The SMILES string of the molecule is CCC(C(N)=S)N1CCN(CCC2CCCCN2C)CC1. The maximum Gasteiger partial charge on any atom is 0.0901 e. The molecular formula is C16H32N4S. The first-order chi connectivity index (χ1) is 10.1. The average Bonchev–Trinajstić information content (AvgIpc) is 2.48. The zero-order chi connectivity index (χ0) is 15.2. The highest BCUT2D eigenvalue weighted by atomic mass is 32.1. The second-order valence-electron chi connectivity index (χ2n) is 6.62. The van der Waals surface area contributed by atoms with Gasteiger partial charge < -0.3 is 15.5 Å². The molecule has 0 amide bonds. The second-order valence-corrected chi connectivity index (χ2v) is 7.09. The van der Waals surface area contributed by atoms with Crippen molar-refractivity contribution in [3.8, 4) is 0 Å². The Morgan fingerprint density at radius 2 is 1.90 bits per heavy atom. The molecule has 21 heavy (non-hydrogen) atoms. The summed E-state index contributed by atoms with van der Waals surface area (Å²) < 4.78 is 0. The molecular weight excluding hydrogens is 280 g/mol. The molecule has 0 saturated carbocycles. The van der Waals surface area contributed by atoms with Gasteiger partial charge in [-0.05, 0) is 45.8 Å². The molecule has 2 fully saturated rings. The summed E-state index contributed by atoms with van der Waals surface area (Å²) in [5.41, 5.74) is 5.85. The summed E-state index contributed by atoms with van der Waals surface area (Å²) >= 11 is 5.19. The Kier molecular flexibility index (Phi) is 6.86. The van der Waals surface area contributed by atoms with Crippen molar-refractivity contribution in [2.45, 2.75) is 51.1 Å². The predicted molar refractivity (Wildman–Crippen MR) is 93.8 cm³/mol. The lowest BCUT2D eigenvalue weighted by Gasteiger charge is -2.40. The molecule has 0 aromatic heterocycles. The van der Waals surface area contributed by atoms with Gasteiger partial charge in [-0.1, -0.05) is 25.6 Å². The van der Waals surface area contributed by atoms with Crippen molar-refractivity contribution in [1.29, 1.82) is 0 Å². The lowest BCUT2D eigenvalue weighted by atomic mass is 10.00. The number of thiocarbonyl (C=S) groups is 1. The van der Waals surface area contributed by atoms with Crippen LogP contribution in [-0.4, -0.2) is 78.1 Å². The number of nitrogens with zero attached hydrogens (tertiary/aromatic N) is 3. The highest BCUT2D eigenvalue weighted by molar-refractivity contribution is 7.80. The zero-order valence-electron chi connectivity index (χ0n) is 13.8. The first-order valence-electron chi connectivity index (χ1n) is 8.57. The van der Waals surface area contributed by atoms with Gasteiger partial charge in [-0.15, -0.1) is 0 Å². The molecule has 0 aromatic rings. The average molecular weight is 313 g/mol. The van der Waals surface area contributed by atoms with Crippen molar-refractivity contribution < 1.29 is 0 Å². The summed E-state index contributed by atoms with van der Waals surface area (Å²) in [6.45, 7) is 9.24. The van der Waals surface area contributed by atoms with Crippen LogP contribution in [0.4, 0.5) is 0 Å². The molecule has 0 radical (unpaired) electrons. The third-order valence-corrected chi connectivity index (χ3v) is 5.53. The molecule has 0 bridgehead atoms. The minimum absolute atomic E-state index is 0.298. The van der Waals surface area contributed by atoms with E-state index in [2.05, 4.69) is 28.7 Å². The van der Waals surface area contributed by atoms with Gasteiger partial charge in [0.25, 0.3) is 0 Å². The predicted octanol–water partition coefficient (Wildman–Crippen LogP) is 1.54. The summed E-state index contributed by atoms with van der Waals surface area (Å²) in [7, 11) is 2.29. The van der Waals surface area contributed by atoms with E-state index in [0.29, 0.717) is 11.0 Å². The Balaban J connectivity index is 1.70. The van der Waals surface area contributed by atoms with E-state index in [1.807, 2.05) is 0 Å². The number of piperazine rings is 1. The second kappa shape index (κ2) is 8.42. The Bertz CT molecular complexity index is 328. The first-order valence-corrected chi connectivity index (χ1v) is 8.98. The van der Waals surface area contributed by atoms with Gasteiger partial charge in [0.1, 0.15) is 0 Å². The molecule has 2 N–H and O–H groups in total. The van der Waals surface area contributed by atoms with E-state index in [1.165, 1.54) is 38.8 Å². The molecule has 5 heteroatoms. The summed E-state index contributed by atoms with van der Waals surface area (Å²) in [5.74, 6) is 0. The highest BCUT2D eigenvalue weighted by Gasteiger charge is 2.25. The maximum absolute atomic E-state index is 5.85. The maximum atomic E-state index is 5.85. The largest absolute Gasteiger partial charge is 0.392 e. The number of nitrogens with two attached hydrogens (primary N) is 1. The molecule has 4 nitrogen and oxygen atoms in total. The van der Waals surface area contributed by atoms with Crippen molar-refractivity contribution in [2.24, 2.45) is 5.73 Å². The molecule has 0 spiro atoms. The van der Waals surface area contributed by atoms with Crippen molar-refractivity contribution >= 4 is 17.2 Å². The van der Waals surface area contributed by atoms with Crippen LogP contribution >= 0.6 is 12.2 Å². The molecule has 0 aromatic carbocycles. The van der Waals surface area contributed by atoms with Gasteiger partial charge in [0.05, 0.1) is 11.0 Å². The summed E-state index contributed by atoms with van der Waals surface area (Å²) in [6, 6.07) is 1.10. The van der Waals surface area contributed by atoms with Crippen LogP contribution in [0.25, 0.3) is 0 Å². The van der Waals surface area contributed by atoms with E-state index in [-0.39, 0.29) is 0 Å². The molecule has 2 saturated heterocycles. The van der Waals surface area contributed by atoms with Gasteiger partial charge in [0.15, 0.2) is 0 Å². The molecule has 2 aliphatic heterocycles. The van der Waals surface area contributed by atoms with E-state index >= 15 is 0 Å². The number of hydrogen-bond acceptors (Lipinski definition) is 4. The third kappa shape index (κ3) is 4.88. The normalized spacial score (nSPS) is 27.6. The van der Waals surface area contributed by atoms with Crippen LogP contribution in [0.2, 0.25) is 0 Å². The quantitative estimate of drug-likeness (QED) is 0.753. The minimum Gasteiger partial charge on any atom is -0.392 e. The van der Waals surface area contributed by atoms with Crippen molar-refractivity contribution in [2.75, 3.05) is 46.3 Å². The Morgan fingerprint density at radius 1 is 1.19 bits per heavy atom. The summed E-state index contributed by atoms with van der Waals surface area (Å²) in [4.78, 5) is 8.30. The Hall–Kier alpha value is -0.230. The molecule has 122 valence electrons. The number of piperidine rings is 1. The number of likely N-dealkylation sites (tertiary alicyclic amines) is 1. The van der Waals surface area contributed by atoms with Crippen LogP contribution in [0.1, 0.15) is 39.0 Å². The molecule has 2 atom stereocenters. The van der Waals surface area contributed by atoms with Gasteiger partial charge in [0, 0.05) is 32.2 Å². The molecule has 0 aliphatic carbocycles. The van der Waals surface area contributed by atoms with Gasteiger partial charge in [-0.2, -0.15) is 0 Å². The van der Waals surface area contributed by atoms with E-state index in [9.17, 15) is 0 Å². The molecule has 2 unspecified atom stereocenters. The van der Waals surface area contributed by atoms with Crippen LogP contribution in [0, 0.1) is 0 Å². The van der Waals surface area contributed by atoms with Crippen molar-refractivity contribution in [3.05, 3.63) is 0 Å². The Morgan fingerprint density at radius 3 is 2.48 bits per heavy atom. The van der Waals surface area contributed by atoms with E-state index in [1.54, 1.807) is 0 Å². The van der Waals surface area contributed by atoms with Gasteiger partial charge in [-0.25, -0.2) is 0 Å². The standard InChI is InChI=1S/C16H32N4S/c1-3-15(16(17)21)20-12-10-19(11-13-20)9-7-14-6-4-5-8-18(14)2/h14-15H,3-13H2,1-2H3,(H2,17,21). The highest BCUT2D eigenvalue weighted by Crippen LogP contribution is 2.18. The van der Waals surface area contributed by atoms with Gasteiger partial charge >= 0.3 is 0 Å². The fraction of sp³-hybridized carbons (Fsp3) is 0.938. The van der Waals surface area contributed by atoms with Crippen LogP contribution in [-0.2, 0) is 0 Å². The fourth-order valence-electron chi connectivity index (χ4n) is 3.78. The van der Waals surface area contributed by atoms with Gasteiger partial charge in [-0.3, -0.25) is 4.90 Å². The smallest absolute Gasteiger partial charge is 0.0901 e.